The molecule has 1 rings (SSSR count). The van der Waals surface area contributed by atoms with Crippen molar-refractivity contribution in [1.29, 1.82) is 0 Å². The molecule has 0 aliphatic carbocycles. The number of carboxylic acids is 1. The molecule has 3 nitrogen and oxygen atoms in total. The average Bonchev–Trinajstić information content (AvgIpc) is 2.35. The van der Waals surface area contributed by atoms with Gasteiger partial charge in [-0.3, -0.25) is 0 Å². The van der Waals surface area contributed by atoms with Crippen LogP contribution in [0.25, 0.3) is 0 Å². The summed E-state index contributed by atoms with van der Waals surface area (Å²) < 4.78 is 0. The summed E-state index contributed by atoms with van der Waals surface area (Å²) in [6.07, 6.45) is 1.01. The van der Waals surface area contributed by atoms with Crippen molar-refractivity contribution in [3.63, 3.8) is 0 Å². The minimum Gasteiger partial charge on any atom is -0.478 e. The highest BCUT2D eigenvalue weighted by molar-refractivity contribution is 7.99. The molecule has 0 heterocycles. The molecular formula is C14H21NO2S. The van der Waals surface area contributed by atoms with E-state index in [1.54, 1.807) is 11.8 Å². The van der Waals surface area contributed by atoms with Crippen LogP contribution in [0.5, 0.6) is 0 Å². The van der Waals surface area contributed by atoms with Crippen LogP contribution < -0.4 is 4.90 Å². The molecule has 0 aliphatic heterocycles. The first-order chi connectivity index (χ1) is 8.65. The van der Waals surface area contributed by atoms with E-state index in [0.29, 0.717) is 5.56 Å². The number of anilines is 1. The van der Waals surface area contributed by atoms with E-state index in [2.05, 4.69) is 18.7 Å². The van der Waals surface area contributed by atoms with Crippen LogP contribution in [0.2, 0.25) is 0 Å². The Morgan fingerprint density at radius 3 is 2.56 bits per heavy atom. The fourth-order valence-corrected chi connectivity index (χ4v) is 2.81. The van der Waals surface area contributed by atoms with E-state index in [1.165, 1.54) is 0 Å². The summed E-state index contributed by atoms with van der Waals surface area (Å²) in [5.74, 6) is 0.0417. The van der Waals surface area contributed by atoms with Crippen molar-refractivity contribution < 1.29 is 9.90 Å². The van der Waals surface area contributed by atoms with Crippen molar-refractivity contribution in [1.82, 2.24) is 0 Å². The average molecular weight is 267 g/mol. The highest BCUT2D eigenvalue weighted by Gasteiger charge is 2.18. The molecule has 0 unspecified atom stereocenters. The van der Waals surface area contributed by atoms with Crippen LogP contribution in [0, 0.1) is 0 Å². The molecule has 0 aromatic heterocycles. The molecule has 0 saturated heterocycles. The Morgan fingerprint density at radius 2 is 2.06 bits per heavy atom. The van der Waals surface area contributed by atoms with E-state index >= 15 is 0 Å². The smallest absolute Gasteiger partial charge is 0.338 e. The predicted molar refractivity (Wildman–Crippen MR) is 78.0 cm³/mol. The van der Waals surface area contributed by atoms with Crippen LogP contribution in [-0.2, 0) is 0 Å². The summed E-state index contributed by atoms with van der Waals surface area (Å²) in [5.41, 5.74) is 1.28. The highest BCUT2D eigenvalue weighted by atomic mass is 32.2. The minimum absolute atomic E-state index is 0.444. The van der Waals surface area contributed by atoms with Gasteiger partial charge >= 0.3 is 5.97 Å². The van der Waals surface area contributed by atoms with Crippen molar-refractivity contribution in [2.24, 2.45) is 0 Å². The Bertz CT molecular complexity index is 407. The maximum absolute atomic E-state index is 11.5. The summed E-state index contributed by atoms with van der Waals surface area (Å²) in [6.45, 7) is 7.91. The Balaban J connectivity index is 3.24. The standard InChI is InChI=1S/C14H21NO2S/c1-4-10-15(5-2)11-8-7-9-12(18-6-3)13(11)14(16)17/h7-9H,4-6,10H2,1-3H3,(H,16,17). The lowest BCUT2D eigenvalue weighted by Gasteiger charge is -2.25. The third-order valence-corrected chi connectivity index (χ3v) is 3.67. The molecule has 0 amide bonds. The molecular weight excluding hydrogens is 246 g/mol. The second kappa shape index (κ2) is 7.31. The molecule has 4 heteroatoms. The van der Waals surface area contributed by atoms with Gasteiger partial charge in [0.2, 0.25) is 0 Å². The van der Waals surface area contributed by atoms with Gasteiger partial charge in [-0.15, -0.1) is 11.8 Å². The van der Waals surface area contributed by atoms with Gasteiger partial charge in [-0.25, -0.2) is 4.79 Å². The zero-order valence-electron chi connectivity index (χ0n) is 11.3. The molecule has 1 N–H and O–H groups in total. The number of carboxylic acid groups (broad SMARTS) is 1. The van der Waals surface area contributed by atoms with Crippen molar-refractivity contribution in [3.8, 4) is 0 Å². The molecule has 100 valence electrons. The highest BCUT2D eigenvalue weighted by Crippen LogP contribution is 2.31. The van der Waals surface area contributed by atoms with Crippen LogP contribution in [0.3, 0.4) is 0 Å². The molecule has 0 bridgehead atoms. The van der Waals surface area contributed by atoms with E-state index in [-0.39, 0.29) is 0 Å². The number of nitrogens with zero attached hydrogens (tertiary/aromatic N) is 1. The summed E-state index contributed by atoms with van der Waals surface area (Å²) in [4.78, 5) is 14.5. The van der Waals surface area contributed by atoms with E-state index in [9.17, 15) is 9.90 Å². The van der Waals surface area contributed by atoms with Crippen molar-refractivity contribution in [2.45, 2.75) is 32.1 Å². The summed E-state index contributed by atoms with van der Waals surface area (Å²) in [5, 5.41) is 9.45. The Kier molecular flexibility index (Phi) is 6.05. The Labute approximate surface area is 113 Å². The fourth-order valence-electron chi connectivity index (χ4n) is 1.99. The molecule has 0 saturated carbocycles. The number of hydrogen-bond acceptors (Lipinski definition) is 3. The normalized spacial score (nSPS) is 10.4. The first kappa shape index (κ1) is 14.9. The van der Waals surface area contributed by atoms with Gasteiger partial charge in [-0.1, -0.05) is 19.9 Å². The van der Waals surface area contributed by atoms with Gasteiger partial charge in [0, 0.05) is 18.0 Å². The van der Waals surface area contributed by atoms with Crippen LogP contribution in [0.15, 0.2) is 23.1 Å². The van der Waals surface area contributed by atoms with Gasteiger partial charge < -0.3 is 10.0 Å². The quantitative estimate of drug-likeness (QED) is 0.764. The second-order valence-electron chi connectivity index (χ2n) is 3.97. The number of aromatic carboxylic acids is 1. The first-order valence-corrected chi connectivity index (χ1v) is 7.38. The molecule has 1 aromatic rings. The van der Waals surface area contributed by atoms with Crippen molar-refractivity contribution in [2.75, 3.05) is 23.7 Å². The summed E-state index contributed by atoms with van der Waals surface area (Å²) in [7, 11) is 0. The lowest BCUT2D eigenvalue weighted by Crippen LogP contribution is -2.25. The van der Waals surface area contributed by atoms with Crippen LogP contribution in [0.4, 0.5) is 5.69 Å². The van der Waals surface area contributed by atoms with Crippen LogP contribution in [0.1, 0.15) is 37.6 Å². The van der Waals surface area contributed by atoms with Gasteiger partial charge in [0.15, 0.2) is 0 Å². The SMILES string of the molecule is CCCN(CC)c1cccc(SCC)c1C(=O)O. The lowest BCUT2D eigenvalue weighted by atomic mass is 10.1. The third-order valence-electron chi connectivity index (χ3n) is 2.73. The maximum Gasteiger partial charge on any atom is 0.338 e. The molecule has 1 aromatic carbocycles. The molecule has 0 radical (unpaired) electrons. The van der Waals surface area contributed by atoms with Gasteiger partial charge in [0.25, 0.3) is 0 Å². The predicted octanol–water partition coefficient (Wildman–Crippen LogP) is 3.73. The van der Waals surface area contributed by atoms with E-state index in [1.807, 2.05) is 25.1 Å². The number of rotatable bonds is 7. The zero-order chi connectivity index (χ0) is 13.5. The number of hydrogen-bond donors (Lipinski definition) is 1. The summed E-state index contributed by atoms with van der Waals surface area (Å²) in [6, 6.07) is 5.74. The topological polar surface area (TPSA) is 40.5 Å². The maximum atomic E-state index is 11.5. The fraction of sp³-hybridized carbons (Fsp3) is 0.500. The number of carbonyl (C=O) groups is 1. The second-order valence-corrected chi connectivity index (χ2v) is 5.27. The van der Waals surface area contributed by atoms with Crippen LogP contribution >= 0.6 is 11.8 Å². The largest absolute Gasteiger partial charge is 0.478 e. The lowest BCUT2D eigenvalue weighted by molar-refractivity contribution is 0.0694. The molecule has 18 heavy (non-hydrogen) atoms. The van der Waals surface area contributed by atoms with Crippen molar-refractivity contribution in [3.05, 3.63) is 23.8 Å². The van der Waals surface area contributed by atoms with Crippen LogP contribution in [-0.4, -0.2) is 29.9 Å². The summed E-state index contributed by atoms with van der Waals surface area (Å²) >= 11 is 1.58. The Hall–Kier alpha value is -1.16. The van der Waals surface area contributed by atoms with E-state index in [4.69, 9.17) is 0 Å². The van der Waals surface area contributed by atoms with Gasteiger partial charge in [0.1, 0.15) is 0 Å². The molecule has 0 fully saturated rings. The number of thioether (sulfide) groups is 1. The number of benzene rings is 1. The monoisotopic (exact) mass is 267 g/mol. The zero-order valence-corrected chi connectivity index (χ0v) is 12.1. The molecule has 0 aliphatic rings. The van der Waals surface area contributed by atoms with Crippen molar-refractivity contribution >= 4 is 23.4 Å². The van der Waals surface area contributed by atoms with Gasteiger partial charge in [0.05, 0.1) is 11.3 Å². The molecule has 0 spiro atoms. The minimum atomic E-state index is -0.837. The van der Waals surface area contributed by atoms with Gasteiger partial charge in [-0.2, -0.15) is 0 Å². The van der Waals surface area contributed by atoms with E-state index < -0.39 is 5.97 Å². The Morgan fingerprint density at radius 1 is 1.33 bits per heavy atom. The molecule has 0 atom stereocenters. The first-order valence-electron chi connectivity index (χ1n) is 6.39. The third kappa shape index (κ3) is 3.42. The van der Waals surface area contributed by atoms with E-state index in [0.717, 1.165) is 35.8 Å². The van der Waals surface area contributed by atoms with Gasteiger partial charge in [-0.05, 0) is 31.2 Å².